The molecule has 0 N–H and O–H groups in total. The van der Waals surface area contributed by atoms with Crippen LogP contribution in [-0.2, 0) is 4.79 Å². The van der Waals surface area contributed by atoms with Crippen molar-refractivity contribution in [1.82, 2.24) is 4.90 Å². The molecule has 0 unspecified atom stereocenters. The predicted octanol–water partition coefficient (Wildman–Crippen LogP) is 5.82. The average molecular weight is 447 g/mol. The van der Waals surface area contributed by atoms with Crippen LogP contribution in [0.1, 0.15) is 41.9 Å². The summed E-state index contributed by atoms with van der Waals surface area (Å²) in [6.45, 7) is 15.9. The van der Waals surface area contributed by atoms with Gasteiger partial charge in [0, 0.05) is 55.0 Å². The molecule has 1 aliphatic rings. The molecule has 2 heterocycles. The number of allylic oxidation sites excluding steroid dienone is 1. The number of furan rings is 1. The molecule has 2 aromatic carbocycles. The monoisotopic (exact) mass is 446 g/mol. The number of hydrogen-bond acceptors (Lipinski definition) is 4. The molecule has 1 amide bonds. The summed E-state index contributed by atoms with van der Waals surface area (Å²) >= 11 is 0. The number of aryl methyl sites for hydroxylation is 4. The summed E-state index contributed by atoms with van der Waals surface area (Å²) in [5.74, 6) is 1.71. The van der Waals surface area contributed by atoms with Gasteiger partial charge < -0.3 is 19.0 Å². The number of benzene rings is 2. The SMILES string of the molecule is CCOc1cc2oc(C)c(C)c2cc1/C(C)=C/C(=O)N1CCN(c2cc(C)ccc2C)CC1. The zero-order valence-corrected chi connectivity index (χ0v) is 20.6. The summed E-state index contributed by atoms with van der Waals surface area (Å²) in [5, 5.41) is 1.06. The van der Waals surface area contributed by atoms with Crippen molar-refractivity contribution < 1.29 is 13.9 Å². The highest BCUT2D eigenvalue weighted by atomic mass is 16.5. The van der Waals surface area contributed by atoms with Crippen molar-refractivity contribution in [3.63, 3.8) is 0 Å². The smallest absolute Gasteiger partial charge is 0.246 e. The van der Waals surface area contributed by atoms with E-state index >= 15 is 0 Å². The first kappa shape index (κ1) is 23.0. The Balaban J connectivity index is 1.53. The van der Waals surface area contributed by atoms with E-state index in [-0.39, 0.29) is 5.91 Å². The van der Waals surface area contributed by atoms with E-state index in [1.807, 2.05) is 31.7 Å². The molecular formula is C28H34N2O3. The van der Waals surface area contributed by atoms with Gasteiger partial charge in [-0.05, 0) is 75.9 Å². The fourth-order valence-corrected chi connectivity index (χ4v) is 4.53. The molecule has 1 saturated heterocycles. The van der Waals surface area contributed by atoms with E-state index < -0.39 is 0 Å². The molecule has 0 radical (unpaired) electrons. The Morgan fingerprint density at radius 1 is 1.06 bits per heavy atom. The molecule has 4 rings (SSSR count). The summed E-state index contributed by atoms with van der Waals surface area (Å²) in [6, 6.07) is 10.6. The van der Waals surface area contributed by atoms with E-state index in [2.05, 4.69) is 49.9 Å². The van der Waals surface area contributed by atoms with E-state index in [9.17, 15) is 4.79 Å². The third-order valence-electron chi connectivity index (χ3n) is 6.64. The first-order chi connectivity index (χ1) is 15.8. The Kier molecular flexibility index (Phi) is 6.50. The van der Waals surface area contributed by atoms with Gasteiger partial charge in [0.15, 0.2) is 0 Å². The summed E-state index contributed by atoms with van der Waals surface area (Å²) in [5.41, 5.74) is 7.60. The van der Waals surface area contributed by atoms with Crippen LogP contribution < -0.4 is 9.64 Å². The largest absolute Gasteiger partial charge is 0.493 e. The van der Waals surface area contributed by atoms with Crippen molar-refractivity contribution >= 4 is 28.1 Å². The highest BCUT2D eigenvalue weighted by Gasteiger charge is 2.22. The number of hydrogen-bond donors (Lipinski definition) is 0. The fourth-order valence-electron chi connectivity index (χ4n) is 4.53. The molecule has 0 spiro atoms. The van der Waals surface area contributed by atoms with Gasteiger partial charge in [-0.2, -0.15) is 0 Å². The third kappa shape index (κ3) is 4.63. The molecule has 0 atom stereocenters. The number of carbonyl (C=O) groups excluding carboxylic acids is 1. The predicted molar refractivity (Wildman–Crippen MR) is 135 cm³/mol. The van der Waals surface area contributed by atoms with Crippen molar-refractivity contribution in [3.05, 3.63) is 64.4 Å². The van der Waals surface area contributed by atoms with Gasteiger partial charge in [0.1, 0.15) is 17.1 Å². The minimum absolute atomic E-state index is 0.0516. The maximum absolute atomic E-state index is 13.1. The first-order valence-electron chi connectivity index (χ1n) is 11.7. The van der Waals surface area contributed by atoms with Crippen molar-refractivity contribution in [2.75, 3.05) is 37.7 Å². The van der Waals surface area contributed by atoms with Gasteiger partial charge in [0.25, 0.3) is 0 Å². The molecule has 0 bridgehead atoms. The fraction of sp³-hybridized carbons (Fsp3) is 0.393. The standard InChI is InChI=1S/C28H34N2O3/c1-7-32-26-17-27-24(21(5)22(6)33-27)16-23(26)20(4)15-28(31)30-12-10-29(11-13-30)25-14-18(2)8-9-19(25)3/h8-9,14-17H,7,10-13H2,1-6H3/b20-15+. The highest BCUT2D eigenvalue weighted by molar-refractivity contribution is 5.97. The second-order valence-electron chi connectivity index (χ2n) is 8.99. The van der Waals surface area contributed by atoms with Crippen LogP contribution in [0.2, 0.25) is 0 Å². The lowest BCUT2D eigenvalue weighted by Gasteiger charge is -2.36. The number of carbonyl (C=O) groups is 1. The zero-order chi connectivity index (χ0) is 23.7. The first-order valence-corrected chi connectivity index (χ1v) is 11.7. The Bertz CT molecular complexity index is 1210. The summed E-state index contributed by atoms with van der Waals surface area (Å²) < 4.78 is 11.8. The molecule has 1 aromatic heterocycles. The van der Waals surface area contributed by atoms with Crippen LogP contribution in [0.15, 0.2) is 40.8 Å². The Hall–Kier alpha value is -3.21. The molecular weight excluding hydrogens is 412 g/mol. The zero-order valence-electron chi connectivity index (χ0n) is 20.6. The van der Waals surface area contributed by atoms with Gasteiger partial charge in [0.2, 0.25) is 5.91 Å². The lowest BCUT2D eigenvalue weighted by Crippen LogP contribution is -2.48. The molecule has 5 nitrogen and oxygen atoms in total. The summed E-state index contributed by atoms with van der Waals surface area (Å²) in [7, 11) is 0. The molecule has 0 saturated carbocycles. The minimum Gasteiger partial charge on any atom is -0.493 e. The van der Waals surface area contributed by atoms with Gasteiger partial charge in [-0.25, -0.2) is 0 Å². The van der Waals surface area contributed by atoms with Crippen LogP contribution in [0.5, 0.6) is 5.75 Å². The lowest BCUT2D eigenvalue weighted by molar-refractivity contribution is -0.126. The molecule has 33 heavy (non-hydrogen) atoms. The van der Waals surface area contributed by atoms with Gasteiger partial charge in [-0.1, -0.05) is 12.1 Å². The molecule has 0 aliphatic carbocycles. The topological polar surface area (TPSA) is 45.9 Å². The lowest BCUT2D eigenvalue weighted by atomic mass is 10.0. The van der Waals surface area contributed by atoms with Gasteiger partial charge in [0.05, 0.1) is 6.61 Å². The van der Waals surface area contributed by atoms with E-state index in [4.69, 9.17) is 9.15 Å². The van der Waals surface area contributed by atoms with Gasteiger partial charge in [-0.15, -0.1) is 0 Å². The highest BCUT2D eigenvalue weighted by Crippen LogP contribution is 2.35. The quantitative estimate of drug-likeness (QED) is 0.464. The number of anilines is 1. The number of piperazine rings is 1. The van der Waals surface area contributed by atoms with E-state index in [0.29, 0.717) is 19.7 Å². The Morgan fingerprint density at radius 2 is 1.79 bits per heavy atom. The van der Waals surface area contributed by atoms with E-state index in [0.717, 1.165) is 52.3 Å². The van der Waals surface area contributed by atoms with Gasteiger partial charge >= 0.3 is 0 Å². The second kappa shape index (κ2) is 9.34. The van der Waals surface area contributed by atoms with Crippen molar-refractivity contribution in [2.24, 2.45) is 0 Å². The number of ether oxygens (including phenoxy) is 1. The van der Waals surface area contributed by atoms with Crippen molar-refractivity contribution in [3.8, 4) is 5.75 Å². The Labute approximate surface area is 196 Å². The minimum atomic E-state index is 0.0516. The maximum atomic E-state index is 13.1. The molecule has 5 heteroatoms. The summed E-state index contributed by atoms with van der Waals surface area (Å²) in [6.07, 6.45) is 1.75. The van der Waals surface area contributed by atoms with Gasteiger partial charge in [-0.3, -0.25) is 4.79 Å². The number of fused-ring (bicyclic) bond motifs is 1. The molecule has 3 aromatic rings. The number of amides is 1. The average Bonchev–Trinajstić information content (AvgIpc) is 3.07. The van der Waals surface area contributed by atoms with Crippen LogP contribution >= 0.6 is 0 Å². The van der Waals surface area contributed by atoms with Crippen molar-refractivity contribution in [2.45, 2.75) is 41.5 Å². The Morgan fingerprint density at radius 3 is 2.48 bits per heavy atom. The molecule has 1 fully saturated rings. The van der Waals surface area contributed by atoms with Crippen LogP contribution in [0.4, 0.5) is 5.69 Å². The van der Waals surface area contributed by atoms with Crippen molar-refractivity contribution in [1.29, 1.82) is 0 Å². The molecule has 174 valence electrons. The maximum Gasteiger partial charge on any atom is 0.246 e. The van der Waals surface area contributed by atoms with Crippen LogP contribution in [0.3, 0.4) is 0 Å². The normalized spacial score (nSPS) is 14.8. The van der Waals surface area contributed by atoms with E-state index in [1.165, 1.54) is 16.8 Å². The number of rotatable bonds is 5. The van der Waals surface area contributed by atoms with Crippen LogP contribution in [-0.4, -0.2) is 43.6 Å². The number of nitrogens with zero attached hydrogens (tertiary/aromatic N) is 2. The van der Waals surface area contributed by atoms with E-state index in [1.54, 1.807) is 6.08 Å². The molecule has 1 aliphatic heterocycles. The van der Waals surface area contributed by atoms with Crippen LogP contribution in [0, 0.1) is 27.7 Å². The van der Waals surface area contributed by atoms with Crippen LogP contribution in [0.25, 0.3) is 16.5 Å². The second-order valence-corrected chi connectivity index (χ2v) is 8.99. The third-order valence-corrected chi connectivity index (χ3v) is 6.64. The summed E-state index contributed by atoms with van der Waals surface area (Å²) in [4.78, 5) is 17.4.